The maximum absolute atomic E-state index is 14.2. The zero-order valence-corrected chi connectivity index (χ0v) is 20.1. The Hall–Kier alpha value is -2.47. The molecule has 32 heavy (non-hydrogen) atoms. The Morgan fingerprint density at radius 1 is 1.16 bits per heavy atom. The monoisotopic (exact) mass is 442 g/mol. The van der Waals surface area contributed by atoms with Gasteiger partial charge < -0.3 is 10.3 Å². The summed E-state index contributed by atoms with van der Waals surface area (Å²) < 4.78 is 14.2. The number of benzene rings is 1. The van der Waals surface area contributed by atoms with E-state index >= 15 is 0 Å². The molecule has 0 atom stereocenters. The van der Waals surface area contributed by atoms with Crippen LogP contribution in [0.25, 0.3) is 10.9 Å². The zero-order chi connectivity index (χ0) is 23.3. The molecular weight excluding hydrogens is 403 g/mol. The third-order valence-electron chi connectivity index (χ3n) is 5.48. The number of amides is 1. The van der Waals surface area contributed by atoms with E-state index in [0.717, 1.165) is 73.1 Å². The van der Waals surface area contributed by atoms with Gasteiger partial charge in [0.2, 0.25) is 5.91 Å². The third kappa shape index (κ3) is 8.23. The number of hydrogen-bond donors (Lipinski definition) is 2. The van der Waals surface area contributed by atoms with Gasteiger partial charge in [-0.25, -0.2) is 4.39 Å². The van der Waals surface area contributed by atoms with Crippen LogP contribution in [0.4, 0.5) is 10.1 Å². The molecule has 0 aliphatic carbocycles. The van der Waals surface area contributed by atoms with E-state index < -0.39 is 0 Å². The molecule has 0 spiro atoms. The van der Waals surface area contributed by atoms with Gasteiger partial charge >= 0.3 is 0 Å². The lowest BCUT2D eigenvalue weighted by molar-refractivity contribution is -0.117. The molecule has 2 rings (SSSR count). The van der Waals surface area contributed by atoms with E-state index in [1.807, 2.05) is 31.3 Å². The molecule has 0 saturated heterocycles. The number of allylic oxidation sites excluding steroid dienone is 1. The summed E-state index contributed by atoms with van der Waals surface area (Å²) in [6, 6.07) is 5.84. The maximum atomic E-state index is 14.2. The SMILES string of the molecule is CCCCN(CCC)CC(=O)Nc1cccc2c(CC/C(F)=C\N=C(/C)CCC)c[nH]c12. The molecule has 0 aliphatic rings. The number of para-hydroxylation sites is 1. The van der Waals surface area contributed by atoms with Crippen LogP contribution in [-0.2, 0) is 11.2 Å². The Morgan fingerprint density at radius 3 is 2.69 bits per heavy atom. The van der Waals surface area contributed by atoms with Gasteiger partial charge in [0.25, 0.3) is 0 Å². The largest absolute Gasteiger partial charge is 0.359 e. The van der Waals surface area contributed by atoms with E-state index in [1.165, 1.54) is 6.20 Å². The number of halogens is 1. The van der Waals surface area contributed by atoms with Crippen LogP contribution in [0.2, 0.25) is 0 Å². The van der Waals surface area contributed by atoms with Gasteiger partial charge in [0.15, 0.2) is 0 Å². The first-order valence-electron chi connectivity index (χ1n) is 12.0. The average molecular weight is 443 g/mol. The van der Waals surface area contributed by atoms with E-state index in [-0.39, 0.29) is 11.7 Å². The van der Waals surface area contributed by atoms with Crippen LogP contribution in [-0.4, -0.2) is 41.1 Å². The van der Waals surface area contributed by atoms with Crippen LogP contribution >= 0.6 is 0 Å². The maximum Gasteiger partial charge on any atom is 0.238 e. The van der Waals surface area contributed by atoms with Crippen molar-refractivity contribution in [2.75, 3.05) is 25.0 Å². The Balaban J connectivity index is 2.03. The van der Waals surface area contributed by atoms with Crippen LogP contribution in [0.15, 0.2) is 41.4 Å². The van der Waals surface area contributed by atoms with E-state index in [2.05, 4.69) is 41.0 Å². The van der Waals surface area contributed by atoms with Gasteiger partial charge in [-0.2, -0.15) is 0 Å². The summed E-state index contributed by atoms with van der Waals surface area (Å²) in [6.07, 6.45) is 9.25. The van der Waals surface area contributed by atoms with Crippen molar-refractivity contribution in [3.8, 4) is 0 Å². The second-order valence-corrected chi connectivity index (χ2v) is 8.41. The zero-order valence-electron chi connectivity index (χ0n) is 20.1. The number of carbonyl (C=O) groups excluding carboxylic acids is 1. The molecule has 6 heteroatoms. The Bertz CT molecular complexity index is 916. The molecule has 176 valence electrons. The number of aliphatic imine (C=N–C) groups is 1. The van der Waals surface area contributed by atoms with E-state index in [1.54, 1.807) is 0 Å². The highest BCUT2D eigenvalue weighted by Gasteiger charge is 2.13. The second kappa shape index (κ2) is 13.8. The normalized spacial score (nSPS) is 12.7. The molecule has 0 saturated carbocycles. The number of H-pyrrole nitrogens is 1. The second-order valence-electron chi connectivity index (χ2n) is 8.41. The van der Waals surface area contributed by atoms with Crippen molar-refractivity contribution in [3.63, 3.8) is 0 Å². The lowest BCUT2D eigenvalue weighted by Crippen LogP contribution is -2.34. The molecule has 0 unspecified atom stereocenters. The van der Waals surface area contributed by atoms with E-state index in [0.29, 0.717) is 19.4 Å². The first-order valence-corrected chi connectivity index (χ1v) is 12.0. The van der Waals surface area contributed by atoms with Crippen LogP contribution in [0.1, 0.15) is 71.8 Å². The highest BCUT2D eigenvalue weighted by Crippen LogP contribution is 2.27. The summed E-state index contributed by atoms with van der Waals surface area (Å²) in [5, 5.41) is 4.07. The Morgan fingerprint density at radius 2 is 1.97 bits per heavy atom. The number of hydrogen-bond acceptors (Lipinski definition) is 3. The molecule has 0 aliphatic heterocycles. The molecule has 0 fully saturated rings. The Labute approximate surface area is 192 Å². The lowest BCUT2D eigenvalue weighted by Gasteiger charge is -2.20. The number of unbranched alkanes of at least 4 members (excludes halogenated alkanes) is 1. The fourth-order valence-corrected chi connectivity index (χ4v) is 3.81. The number of carbonyl (C=O) groups is 1. The van der Waals surface area contributed by atoms with Gasteiger partial charge in [-0.3, -0.25) is 14.7 Å². The number of aryl methyl sites for hydroxylation is 1. The minimum Gasteiger partial charge on any atom is -0.359 e. The number of aromatic nitrogens is 1. The topological polar surface area (TPSA) is 60.5 Å². The van der Waals surface area contributed by atoms with Crippen LogP contribution in [0.3, 0.4) is 0 Å². The number of anilines is 1. The number of rotatable bonds is 14. The van der Waals surface area contributed by atoms with Gasteiger partial charge in [0.05, 0.1) is 23.9 Å². The summed E-state index contributed by atoms with van der Waals surface area (Å²) in [6.45, 7) is 10.6. The summed E-state index contributed by atoms with van der Waals surface area (Å²) in [5.41, 5.74) is 3.63. The van der Waals surface area contributed by atoms with E-state index in [9.17, 15) is 9.18 Å². The van der Waals surface area contributed by atoms with Crippen molar-refractivity contribution in [3.05, 3.63) is 42.0 Å². The number of nitrogens with zero attached hydrogens (tertiary/aromatic N) is 2. The van der Waals surface area contributed by atoms with Crippen LogP contribution in [0.5, 0.6) is 0 Å². The fraction of sp³-hybridized carbons (Fsp3) is 0.538. The molecule has 1 aromatic heterocycles. The van der Waals surface area contributed by atoms with Crippen molar-refractivity contribution in [2.45, 2.75) is 72.6 Å². The van der Waals surface area contributed by atoms with Crippen LogP contribution in [0, 0.1) is 0 Å². The van der Waals surface area contributed by atoms with Gasteiger partial charge in [0, 0.05) is 23.7 Å². The fourth-order valence-electron chi connectivity index (χ4n) is 3.81. The third-order valence-corrected chi connectivity index (χ3v) is 5.48. The molecule has 2 N–H and O–H groups in total. The number of aromatic amines is 1. The van der Waals surface area contributed by atoms with Crippen molar-refractivity contribution in [2.24, 2.45) is 4.99 Å². The van der Waals surface area contributed by atoms with Gasteiger partial charge in [0.1, 0.15) is 5.83 Å². The summed E-state index contributed by atoms with van der Waals surface area (Å²) in [7, 11) is 0. The number of nitrogens with one attached hydrogen (secondary N) is 2. The number of fused-ring (bicyclic) bond motifs is 1. The molecule has 0 bridgehead atoms. The van der Waals surface area contributed by atoms with Crippen LogP contribution < -0.4 is 5.32 Å². The smallest absolute Gasteiger partial charge is 0.238 e. The predicted molar refractivity (Wildman–Crippen MR) is 134 cm³/mol. The minimum absolute atomic E-state index is 0.00695. The highest BCUT2D eigenvalue weighted by atomic mass is 19.1. The predicted octanol–water partition coefficient (Wildman–Crippen LogP) is 6.62. The lowest BCUT2D eigenvalue weighted by atomic mass is 10.1. The molecule has 5 nitrogen and oxygen atoms in total. The van der Waals surface area contributed by atoms with Crippen molar-refractivity contribution >= 4 is 28.2 Å². The molecule has 1 heterocycles. The quantitative estimate of drug-likeness (QED) is 0.323. The summed E-state index contributed by atoms with van der Waals surface area (Å²) in [4.78, 5) is 22.3. The minimum atomic E-state index is -0.220. The Kier molecular flexibility index (Phi) is 11.2. The molecular formula is C26H39FN4O. The molecule has 0 radical (unpaired) electrons. The first-order chi connectivity index (χ1) is 15.5. The molecule has 1 amide bonds. The van der Waals surface area contributed by atoms with Gasteiger partial charge in [-0.05, 0) is 57.3 Å². The average Bonchev–Trinajstić information content (AvgIpc) is 3.19. The van der Waals surface area contributed by atoms with Crippen molar-refractivity contribution in [1.29, 1.82) is 0 Å². The highest BCUT2D eigenvalue weighted by molar-refractivity contribution is 6.02. The summed E-state index contributed by atoms with van der Waals surface area (Å²) in [5.74, 6) is -0.227. The van der Waals surface area contributed by atoms with Gasteiger partial charge in [-0.1, -0.05) is 45.7 Å². The summed E-state index contributed by atoms with van der Waals surface area (Å²) >= 11 is 0. The first kappa shape index (κ1) is 25.8. The van der Waals surface area contributed by atoms with E-state index in [4.69, 9.17) is 0 Å². The van der Waals surface area contributed by atoms with Crippen molar-refractivity contribution < 1.29 is 9.18 Å². The van der Waals surface area contributed by atoms with Gasteiger partial charge in [-0.15, -0.1) is 0 Å². The van der Waals surface area contributed by atoms with Crippen molar-refractivity contribution in [1.82, 2.24) is 9.88 Å². The molecule has 1 aromatic carbocycles. The standard InChI is InChI=1S/C26H39FN4O/c1-5-8-16-31(15-7-3)19-25(32)30-24-12-9-11-23-21(17-29-26(23)24)13-14-22(27)18-28-20(4)10-6-2/h9,11-12,17-18,29H,5-8,10,13-16,19H2,1-4H3,(H,30,32)/b22-18+,28-20+. The molecule has 2 aromatic rings.